The van der Waals surface area contributed by atoms with Gasteiger partial charge in [-0.3, -0.25) is 0 Å². The molecule has 1 aliphatic carbocycles. The Bertz CT molecular complexity index is 881. The highest BCUT2D eigenvalue weighted by Crippen LogP contribution is 2.40. The zero-order valence-corrected chi connectivity index (χ0v) is 20.2. The van der Waals surface area contributed by atoms with E-state index >= 15 is 0 Å². The van der Waals surface area contributed by atoms with Crippen molar-refractivity contribution in [2.24, 2.45) is 4.99 Å². The number of nitrogens with zero attached hydrogens (tertiary/aromatic N) is 1. The maximum absolute atomic E-state index is 5.13. The summed E-state index contributed by atoms with van der Waals surface area (Å²) in [6.07, 6.45) is 7.71. The van der Waals surface area contributed by atoms with Crippen molar-refractivity contribution >= 4 is 46.0 Å². The van der Waals surface area contributed by atoms with Crippen molar-refractivity contribution < 1.29 is 0 Å². The number of hydrogen-bond acceptors (Lipinski definition) is 4. The maximum atomic E-state index is 5.13. The van der Waals surface area contributed by atoms with Crippen molar-refractivity contribution in [3.63, 3.8) is 0 Å². The normalized spacial score (nSPS) is 15.3. The van der Waals surface area contributed by atoms with Crippen LogP contribution in [0.15, 0.2) is 106 Å². The molecule has 0 amide bonds. The van der Waals surface area contributed by atoms with Gasteiger partial charge in [-0.2, -0.15) is 0 Å². The van der Waals surface area contributed by atoms with Crippen LogP contribution in [-0.4, -0.2) is 14.9 Å². The third-order valence-electron chi connectivity index (χ3n) is 5.23. The standard InChI is InChI=1S/C27H29NS3/c1-5-13-22(14-6-1)28-26(29-23-15-7-2-8-16-23)21-27(30-24-17-9-3-10-18-24)31-25-19-11-4-12-20-25/h1,3-6,9-14,17-20,23,27H,2,7-8,15-16,21H2. The lowest BCUT2D eigenvalue weighted by Gasteiger charge is -2.24. The zero-order chi connectivity index (χ0) is 21.1. The minimum atomic E-state index is 0.378. The predicted molar refractivity (Wildman–Crippen MR) is 141 cm³/mol. The van der Waals surface area contributed by atoms with Crippen LogP contribution in [0.25, 0.3) is 0 Å². The van der Waals surface area contributed by atoms with E-state index in [1.54, 1.807) is 0 Å². The molecule has 0 saturated heterocycles. The van der Waals surface area contributed by atoms with E-state index in [2.05, 4.69) is 91.0 Å². The van der Waals surface area contributed by atoms with E-state index in [-0.39, 0.29) is 0 Å². The Kier molecular flexibility index (Phi) is 9.05. The van der Waals surface area contributed by atoms with Crippen molar-refractivity contribution in [3.05, 3.63) is 91.0 Å². The Balaban J connectivity index is 1.56. The summed E-state index contributed by atoms with van der Waals surface area (Å²) in [5.41, 5.74) is 1.06. The Morgan fingerprint density at radius 1 is 0.710 bits per heavy atom. The van der Waals surface area contributed by atoms with Gasteiger partial charge in [0, 0.05) is 21.5 Å². The Labute approximate surface area is 199 Å². The van der Waals surface area contributed by atoms with Gasteiger partial charge in [-0.1, -0.05) is 73.9 Å². The molecule has 31 heavy (non-hydrogen) atoms. The lowest BCUT2D eigenvalue weighted by Crippen LogP contribution is -2.13. The summed E-state index contributed by atoms with van der Waals surface area (Å²) in [5, 5.41) is 1.98. The molecular formula is C27H29NS3. The number of aliphatic imine (C=N–C) groups is 1. The molecule has 1 nitrogen and oxygen atoms in total. The van der Waals surface area contributed by atoms with Gasteiger partial charge in [0.05, 0.1) is 15.3 Å². The molecule has 3 aromatic rings. The third kappa shape index (κ3) is 7.78. The van der Waals surface area contributed by atoms with Crippen molar-refractivity contribution in [1.29, 1.82) is 0 Å². The van der Waals surface area contributed by atoms with Crippen LogP contribution in [-0.2, 0) is 0 Å². The van der Waals surface area contributed by atoms with Gasteiger partial charge in [-0.05, 0) is 49.2 Å². The second kappa shape index (κ2) is 12.4. The summed E-state index contributed by atoms with van der Waals surface area (Å²) in [6.45, 7) is 0. The average molecular weight is 464 g/mol. The Morgan fingerprint density at radius 3 is 1.77 bits per heavy atom. The molecule has 1 fully saturated rings. The summed E-state index contributed by atoms with van der Waals surface area (Å²) in [7, 11) is 0. The summed E-state index contributed by atoms with van der Waals surface area (Å²) in [6, 6.07) is 32.0. The van der Waals surface area contributed by atoms with E-state index in [0.29, 0.717) is 9.83 Å². The molecule has 0 atom stereocenters. The SMILES string of the molecule is c1ccc(N=C(CC(Sc2ccccc2)Sc2ccccc2)SC2CCCCC2)cc1. The van der Waals surface area contributed by atoms with E-state index in [9.17, 15) is 0 Å². The second-order valence-corrected chi connectivity index (χ2v) is 11.9. The molecule has 1 aliphatic rings. The summed E-state index contributed by atoms with van der Waals surface area (Å²) in [4.78, 5) is 7.76. The topological polar surface area (TPSA) is 12.4 Å². The Hall–Kier alpha value is -1.62. The van der Waals surface area contributed by atoms with Crippen molar-refractivity contribution in [1.82, 2.24) is 0 Å². The van der Waals surface area contributed by atoms with Gasteiger partial charge < -0.3 is 0 Å². The van der Waals surface area contributed by atoms with Crippen LogP contribution < -0.4 is 0 Å². The van der Waals surface area contributed by atoms with Gasteiger partial charge in [-0.25, -0.2) is 4.99 Å². The quantitative estimate of drug-likeness (QED) is 0.143. The van der Waals surface area contributed by atoms with Crippen LogP contribution in [0.2, 0.25) is 0 Å². The second-order valence-electron chi connectivity index (χ2n) is 7.71. The maximum Gasteiger partial charge on any atom is 0.0761 e. The van der Waals surface area contributed by atoms with Crippen molar-refractivity contribution in [2.45, 2.75) is 58.1 Å². The first kappa shape index (κ1) is 22.6. The zero-order valence-electron chi connectivity index (χ0n) is 17.7. The molecule has 0 aliphatic heterocycles. The molecule has 0 aromatic heterocycles. The van der Waals surface area contributed by atoms with Crippen molar-refractivity contribution in [3.8, 4) is 0 Å². The lowest BCUT2D eigenvalue weighted by atomic mass is 10.0. The summed E-state index contributed by atoms with van der Waals surface area (Å²) < 4.78 is 0.378. The molecular weight excluding hydrogens is 435 g/mol. The first-order valence-electron chi connectivity index (χ1n) is 11.1. The lowest BCUT2D eigenvalue weighted by molar-refractivity contribution is 0.517. The number of para-hydroxylation sites is 1. The van der Waals surface area contributed by atoms with E-state index in [4.69, 9.17) is 4.99 Å². The third-order valence-corrected chi connectivity index (χ3v) is 9.09. The molecule has 160 valence electrons. The van der Waals surface area contributed by atoms with Gasteiger partial charge >= 0.3 is 0 Å². The van der Waals surface area contributed by atoms with E-state index in [0.717, 1.165) is 12.1 Å². The van der Waals surface area contributed by atoms with Crippen LogP contribution in [0.3, 0.4) is 0 Å². The minimum Gasteiger partial charge on any atom is -0.247 e. The fourth-order valence-electron chi connectivity index (χ4n) is 3.69. The van der Waals surface area contributed by atoms with Gasteiger partial charge in [0.2, 0.25) is 0 Å². The van der Waals surface area contributed by atoms with Crippen LogP contribution in [0.4, 0.5) is 5.69 Å². The van der Waals surface area contributed by atoms with Gasteiger partial charge in [-0.15, -0.1) is 35.3 Å². The van der Waals surface area contributed by atoms with Crippen molar-refractivity contribution in [2.75, 3.05) is 0 Å². The molecule has 4 rings (SSSR count). The van der Waals surface area contributed by atoms with Gasteiger partial charge in [0.1, 0.15) is 0 Å². The number of hydrogen-bond donors (Lipinski definition) is 0. The summed E-state index contributed by atoms with van der Waals surface area (Å²) >= 11 is 5.94. The minimum absolute atomic E-state index is 0.378. The van der Waals surface area contributed by atoms with E-state index < -0.39 is 0 Å². The molecule has 0 bridgehead atoms. The number of benzene rings is 3. The van der Waals surface area contributed by atoms with E-state index in [1.165, 1.54) is 46.9 Å². The molecule has 0 unspecified atom stereocenters. The molecule has 4 heteroatoms. The molecule has 0 spiro atoms. The van der Waals surface area contributed by atoms with Crippen LogP contribution >= 0.6 is 35.3 Å². The molecule has 0 heterocycles. The fraction of sp³-hybridized carbons (Fsp3) is 0.296. The first-order chi connectivity index (χ1) is 15.3. The number of rotatable bonds is 8. The molecule has 0 radical (unpaired) electrons. The van der Waals surface area contributed by atoms with Crippen LogP contribution in [0.5, 0.6) is 0 Å². The smallest absolute Gasteiger partial charge is 0.0761 e. The number of thioether (sulfide) groups is 3. The largest absolute Gasteiger partial charge is 0.247 e. The molecule has 3 aromatic carbocycles. The molecule has 0 N–H and O–H groups in total. The van der Waals surface area contributed by atoms with Gasteiger partial charge in [0.15, 0.2) is 0 Å². The highest BCUT2D eigenvalue weighted by Gasteiger charge is 2.21. The van der Waals surface area contributed by atoms with Crippen LogP contribution in [0.1, 0.15) is 38.5 Å². The average Bonchev–Trinajstić information content (AvgIpc) is 2.82. The Morgan fingerprint density at radius 2 is 1.23 bits per heavy atom. The fourth-order valence-corrected chi connectivity index (χ4v) is 7.86. The monoisotopic (exact) mass is 463 g/mol. The van der Waals surface area contributed by atoms with Gasteiger partial charge in [0.25, 0.3) is 0 Å². The van der Waals surface area contributed by atoms with Crippen LogP contribution in [0, 0.1) is 0 Å². The predicted octanol–water partition coefficient (Wildman–Crippen LogP) is 9.08. The highest BCUT2D eigenvalue weighted by atomic mass is 32.2. The molecule has 1 saturated carbocycles. The van der Waals surface area contributed by atoms with E-state index in [1.807, 2.05) is 35.3 Å². The first-order valence-corrected chi connectivity index (χ1v) is 13.7. The highest BCUT2D eigenvalue weighted by molar-refractivity contribution is 8.18. The summed E-state index contributed by atoms with van der Waals surface area (Å²) in [5.74, 6) is 0.